The van der Waals surface area contributed by atoms with Gasteiger partial charge in [0, 0.05) is 31.1 Å². The number of nitrogens with zero attached hydrogens (tertiary/aromatic N) is 2. The molecule has 108 valence electrons. The summed E-state index contributed by atoms with van der Waals surface area (Å²) in [6.45, 7) is 6.83. The highest BCUT2D eigenvalue weighted by Gasteiger charge is 2.24. The molecule has 5 heteroatoms. The maximum absolute atomic E-state index is 4.55. The van der Waals surface area contributed by atoms with Crippen molar-refractivity contribution in [3.63, 3.8) is 0 Å². The van der Waals surface area contributed by atoms with E-state index in [2.05, 4.69) is 27.5 Å². The van der Waals surface area contributed by atoms with Gasteiger partial charge in [-0.05, 0) is 45.1 Å². The molecule has 2 aliphatic rings. The lowest BCUT2D eigenvalue weighted by molar-refractivity contribution is 0.188. The molecule has 0 bridgehead atoms. The zero-order chi connectivity index (χ0) is 12.4. The van der Waals surface area contributed by atoms with Crippen LogP contribution in [0.1, 0.15) is 36.4 Å². The molecule has 2 fully saturated rings. The van der Waals surface area contributed by atoms with E-state index in [9.17, 15) is 0 Å². The Morgan fingerprint density at radius 2 is 2.05 bits per heavy atom. The van der Waals surface area contributed by atoms with Gasteiger partial charge in [0.05, 0.1) is 10.7 Å². The SMILES string of the molecule is Cc1nc(CN2CCC(NCC3CC3)CC2)cs1.Cl. The monoisotopic (exact) mass is 301 g/mol. The summed E-state index contributed by atoms with van der Waals surface area (Å²) in [4.78, 5) is 7.10. The number of piperidine rings is 1. The molecule has 0 atom stereocenters. The van der Waals surface area contributed by atoms with Crippen molar-refractivity contribution in [2.45, 2.75) is 45.2 Å². The normalized spacial score (nSPS) is 21.3. The van der Waals surface area contributed by atoms with Crippen LogP contribution in [-0.4, -0.2) is 35.6 Å². The van der Waals surface area contributed by atoms with Crippen molar-refractivity contribution >= 4 is 23.7 Å². The lowest BCUT2D eigenvalue weighted by atomic mass is 10.0. The minimum Gasteiger partial charge on any atom is -0.314 e. The molecular formula is C14H24ClN3S. The average molecular weight is 302 g/mol. The zero-order valence-electron chi connectivity index (χ0n) is 11.6. The van der Waals surface area contributed by atoms with Crippen molar-refractivity contribution in [3.8, 4) is 0 Å². The van der Waals surface area contributed by atoms with Gasteiger partial charge in [0.25, 0.3) is 0 Å². The lowest BCUT2D eigenvalue weighted by Gasteiger charge is -2.32. The number of thiazole rings is 1. The summed E-state index contributed by atoms with van der Waals surface area (Å²) in [5.74, 6) is 1.00. The molecule has 19 heavy (non-hydrogen) atoms. The second kappa shape index (κ2) is 7.02. The van der Waals surface area contributed by atoms with Crippen LogP contribution in [0, 0.1) is 12.8 Å². The fraction of sp³-hybridized carbons (Fsp3) is 0.786. The Bertz CT molecular complexity index is 384. The largest absolute Gasteiger partial charge is 0.314 e. The van der Waals surface area contributed by atoms with Crippen molar-refractivity contribution in [2.75, 3.05) is 19.6 Å². The van der Waals surface area contributed by atoms with Gasteiger partial charge in [-0.1, -0.05) is 0 Å². The van der Waals surface area contributed by atoms with Gasteiger partial charge in [-0.25, -0.2) is 4.98 Å². The first-order valence-corrected chi connectivity index (χ1v) is 8.04. The number of hydrogen-bond acceptors (Lipinski definition) is 4. The Morgan fingerprint density at radius 1 is 1.32 bits per heavy atom. The van der Waals surface area contributed by atoms with Crippen LogP contribution in [-0.2, 0) is 6.54 Å². The molecule has 0 amide bonds. The van der Waals surface area contributed by atoms with Gasteiger partial charge in [-0.15, -0.1) is 23.7 Å². The standard InChI is InChI=1S/C14H23N3S.ClH/c1-11-16-14(10-18-11)9-17-6-4-13(5-7-17)15-8-12-2-3-12;/h10,12-13,15H,2-9H2,1H3;1H. The molecule has 1 N–H and O–H groups in total. The summed E-state index contributed by atoms with van der Waals surface area (Å²) in [5, 5.41) is 7.12. The van der Waals surface area contributed by atoms with Crippen molar-refractivity contribution < 1.29 is 0 Å². The summed E-state index contributed by atoms with van der Waals surface area (Å²) in [6.07, 6.45) is 5.51. The molecule has 0 aromatic carbocycles. The molecule has 1 aliphatic heterocycles. The van der Waals surface area contributed by atoms with Gasteiger partial charge in [0.15, 0.2) is 0 Å². The summed E-state index contributed by atoms with van der Waals surface area (Å²) in [6, 6.07) is 0.763. The van der Waals surface area contributed by atoms with Gasteiger partial charge < -0.3 is 5.32 Å². The van der Waals surface area contributed by atoms with Crippen molar-refractivity contribution in [2.24, 2.45) is 5.92 Å². The molecule has 2 heterocycles. The van der Waals surface area contributed by atoms with Crippen LogP contribution >= 0.6 is 23.7 Å². The number of halogens is 1. The minimum absolute atomic E-state index is 0. The molecule has 1 aliphatic carbocycles. The third kappa shape index (κ3) is 4.71. The number of aryl methyl sites for hydroxylation is 1. The molecule has 0 radical (unpaired) electrons. The molecule has 3 rings (SSSR count). The molecule has 1 saturated carbocycles. The number of likely N-dealkylation sites (tertiary alicyclic amines) is 1. The van der Waals surface area contributed by atoms with Crippen molar-refractivity contribution in [1.82, 2.24) is 15.2 Å². The van der Waals surface area contributed by atoms with Gasteiger partial charge in [-0.3, -0.25) is 4.90 Å². The van der Waals surface area contributed by atoms with E-state index >= 15 is 0 Å². The van der Waals surface area contributed by atoms with Gasteiger partial charge in [0.2, 0.25) is 0 Å². The minimum atomic E-state index is 0. The van der Waals surface area contributed by atoms with Crippen molar-refractivity contribution in [1.29, 1.82) is 0 Å². The molecule has 0 spiro atoms. The fourth-order valence-electron chi connectivity index (χ4n) is 2.66. The molecule has 1 aromatic rings. The number of aromatic nitrogens is 1. The third-order valence-corrected chi connectivity index (χ3v) is 4.85. The van der Waals surface area contributed by atoms with Gasteiger partial charge in [0.1, 0.15) is 0 Å². The Balaban J connectivity index is 0.00000133. The third-order valence-electron chi connectivity index (χ3n) is 4.03. The van der Waals surface area contributed by atoms with E-state index in [1.165, 1.54) is 56.0 Å². The van der Waals surface area contributed by atoms with Crippen LogP contribution in [0.4, 0.5) is 0 Å². The zero-order valence-corrected chi connectivity index (χ0v) is 13.2. The molecule has 3 nitrogen and oxygen atoms in total. The summed E-state index contributed by atoms with van der Waals surface area (Å²) < 4.78 is 0. The lowest BCUT2D eigenvalue weighted by Crippen LogP contribution is -2.42. The molecule has 1 aromatic heterocycles. The fourth-order valence-corrected chi connectivity index (χ4v) is 3.26. The highest BCUT2D eigenvalue weighted by molar-refractivity contribution is 7.09. The first-order valence-electron chi connectivity index (χ1n) is 7.16. The summed E-state index contributed by atoms with van der Waals surface area (Å²) in [5.41, 5.74) is 1.25. The molecular weight excluding hydrogens is 278 g/mol. The predicted octanol–water partition coefficient (Wildman–Crippen LogP) is 2.84. The van der Waals surface area contributed by atoms with E-state index in [0.29, 0.717) is 0 Å². The summed E-state index contributed by atoms with van der Waals surface area (Å²) >= 11 is 1.76. The van der Waals surface area contributed by atoms with Crippen LogP contribution in [0.3, 0.4) is 0 Å². The van der Waals surface area contributed by atoms with Crippen LogP contribution in [0.25, 0.3) is 0 Å². The second-order valence-corrected chi connectivity index (χ2v) is 6.82. The first kappa shape index (κ1) is 15.2. The Hall–Kier alpha value is -0.160. The van der Waals surface area contributed by atoms with Crippen molar-refractivity contribution in [3.05, 3.63) is 16.1 Å². The van der Waals surface area contributed by atoms with Crippen LogP contribution in [0.5, 0.6) is 0 Å². The predicted molar refractivity (Wildman–Crippen MR) is 83.1 cm³/mol. The van der Waals surface area contributed by atoms with E-state index in [4.69, 9.17) is 0 Å². The highest BCUT2D eigenvalue weighted by Crippen LogP contribution is 2.28. The van der Waals surface area contributed by atoms with Crippen LogP contribution < -0.4 is 5.32 Å². The Labute approximate surface area is 126 Å². The van der Waals surface area contributed by atoms with Crippen LogP contribution in [0.2, 0.25) is 0 Å². The maximum Gasteiger partial charge on any atom is 0.0897 e. The van der Waals surface area contributed by atoms with Crippen LogP contribution in [0.15, 0.2) is 5.38 Å². The van der Waals surface area contributed by atoms with Gasteiger partial charge >= 0.3 is 0 Å². The Morgan fingerprint density at radius 3 is 2.63 bits per heavy atom. The van der Waals surface area contributed by atoms with E-state index < -0.39 is 0 Å². The quantitative estimate of drug-likeness (QED) is 0.906. The first-order chi connectivity index (χ1) is 8.79. The van der Waals surface area contributed by atoms with E-state index in [0.717, 1.165) is 18.5 Å². The average Bonchev–Trinajstić information content (AvgIpc) is 3.12. The second-order valence-electron chi connectivity index (χ2n) is 5.76. The van der Waals surface area contributed by atoms with E-state index in [-0.39, 0.29) is 12.4 Å². The Kier molecular flexibility index (Phi) is 5.63. The number of rotatable bonds is 5. The smallest absolute Gasteiger partial charge is 0.0897 e. The highest BCUT2D eigenvalue weighted by atomic mass is 35.5. The van der Waals surface area contributed by atoms with Gasteiger partial charge in [-0.2, -0.15) is 0 Å². The number of nitrogens with one attached hydrogen (secondary N) is 1. The topological polar surface area (TPSA) is 28.2 Å². The summed E-state index contributed by atoms with van der Waals surface area (Å²) in [7, 11) is 0. The molecule has 0 unspecified atom stereocenters. The van der Waals surface area contributed by atoms with E-state index in [1.54, 1.807) is 11.3 Å². The number of hydrogen-bond donors (Lipinski definition) is 1. The van der Waals surface area contributed by atoms with E-state index in [1.807, 2.05) is 0 Å². The maximum atomic E-state index is 4.55. The molecule has 1 saturated heterocycles.